The summed E-state index contributed by atoms with van der Waals surface area (Å²) < 4.78 is 0. The number of primary amides is 1. The highest BCUT2D eigenvalue weighted by Crippen LogP contribution is 1.80. The molecule has 0 aliphatic heterocycles. The van der Waals surface area contributed by atoms with Crippen LogP contribution in [0.3, 0.4) is 0 Å². The van der Waals surface area contributed by atoms with Crippen molar-refractivity contribution >= 4 is 18.3 Å². The number of nitrogens with two attached hydrogens (primary N) is 1. The van der Waals surface area contributed by atoms with E-state index in [1.807, 2.05) is 0 Å². The van der Waals surface area contributed by atoms with Gasteiger partial charge in [-0.25, -0.2) is 0 Å². The van der Waals surface area contributed by atoms with Crippen LogP contribution in [0.1, 0.15) is 12.8 Å². The van der Waals surface area contributed by atoms with Crippen LogP contribution < -0.4 is 5.73 Å². The molecule has 0 radical (unpaired) electrons. The molecule has 2 nitrogen and oxygen atoms in total. The van der Waals surface area contributed by atoms with E-state index in [1.54, 1.807) is 0 Å². The van der Waals surface area contributed by atoms with Gasteiger partial charge < -0.3 is 5.73 Å². The molecule has 0 atom stereocenters. The van der Waals surface area contributed by atoms with Crippen LogP contribution in [-0.2, 0) is 4.79 Å². The Kier molecular flexibility index (Phi) is 8.16. The molecule has 0 rings (SSSR count). The Bertz CT molecular complexity index is 105. The van der Waals surface area contributed by atoms with Crippen LogP contribution in [0.15, 0.2) is 0 Å². The first-order valence-corrected chi connectivity index (χ1v) is 1.99. The van der Waals surface area contributed by atoms with E-state index >= 15 is 0 Å². The Morgan fingerprint density at radius 2 is 2.25 bits per heavy atom. The van der Waals surface area contributed by atoms with Crippen molar-refractivity contribution in [2.75, 3.05) is 0 Å². The van der Waals surface area contributed by atoms with E-state index in [0.29, 0.717) is 12.8 Å². The molecule has 0 bridgehead atoms. The quantitative estimate of drug-likeness (QED) is 0.542. The molecule has 8 heavy (non-hydrogen) atoms. The summed E-state index contributed by atoms with van der Waals surface area (Å²) in [5.74, 6) is 1.96. The molecule has 3 heteroatoms. The summed E-state index contributed by atoms with van der Waals surface area (Å²) in [6, 6.07) is 0. The lowest BCUT2D eigenvalue weighted by molar-refractivity contribution is -0.117. The lowest BCUT2D eigenvalue weighted by Gasteiger charge is -1.81. The van der Waals surface area contributed by atoms with Gasteiger partial charge in [0.05, 0.1) is 0 Å². The molecule has 0 heterocycles. The van der Waals surface area contributed by atoms with Crippen LogP contribution in [0.2, 0.25) is 0 Å². The normalized spacial score (nSPS) is 6.38. The SMILES string of the molecule is C#CCCC(N)=O.Cl. The van der Waals surface area contributed by atoms with Gasteiger partial charge >= 0.3 is 0 Å². The van der Waals surface area contributed by atoms with E-state index in [1.165, 1.54) is 0 Å². The van der Waals surface area contributed by atoms with Gasteiger partial charge in [-0.1, -0.05) is 0 Å². The second-order valence-corrected chi connectivity index (χ2v) is 1.17. The average Bonchev–Trinajstić information content (AvgIpc) is 1.61. The molecule has 0 aromatic carbocycles. The largest absolute Gasteiger partial charge is 0.370 e. The van der Waals surface area contributed by atoms with Crippen molar-refractivity contribution in [3.05, 3.63) is 0 Å². The maximum Gasteiger partial charge on any atom is 0.218 e. The highest BCUT2D eigenvalue weighted by Gasteiger charge is 1.86. The van der Waals surface area contributed by atoms with Crippen molar-refractivity contribution in [3.63, 3.8) is 0 Å². The van der Waals surface area contributed by atoms with Gasteiger partial charge in [0, 0.05) is 12.8 Å². The average molecular weight is 134 g/mol. The Labute approximate surface area is 54.9 Å². The molecule has 0 aromatic heterocycles. The number of hydrogen-bond donors (Lipinski definition) is 1. The third-order valence-electron chi connectivity index (χ3n) is 0.516. The number of hydrogen-bond acceptors (Lipinski definition) is 1. The van der Waals surface area contributed by atoms with E-state index in [0.717, 1.165) is 0 Å². The van der Waals surface area contributed by atoms with Gasteiger partial charge in [-0.2, -0.15) is 0 Å². The predicted molar refractivity (Wildman–Crippen MR) is 34.5 cm³/mol. The predicted octanol–water partition coefficient (Wildman–Crippen LogP) is 0.307. The number of rotatable bonds is 2. The molecule has 0 aliphatic carbocycles. The molecule has 2 N–H and O–H groups in total. The van der Waals surface area contributed by atoms with E-state index in [2.05, 4.69) is 5.92 Å². The summed E-state index contributed by atoms with van der Waals surface area (Å²) in [4.78, 5) is 9.88. The molecule has 0 saturated heterocycles. The number of terminal acetylenes is 1. The zero-order chi connectivity index (χ0) is 5.70. The van der Waals surface area contributed by atoms with Crippen molar-refractivity contribution in [1.29, 1.82) is 0 Å². The molecule has 0 fully saturated rings. The first kappa shape index (κ1) is 10.3. The third kappa shape index (κ3) is 9.01. The van der Waals surface area contributed by atoms with Gasteiger partial charge in [-0.3, -0.25) is 4.79 Å². The number of carbonyl (C=O) groups excluding carboxylic acids is 1. The molecular formula is C5H8ClNO. The minimum atomic E-state index is -0.335. The lowest BCUT2D eigenvalue weighted by Crippen LogP contribution is -2.08. The summed E-state index contributed by atoms with van der Waals surface area (Å²) in [5.41, 5.74) is 4.74. The Morgan fingerprint density at radius 3 is 2.38 bits per heavy atom. The van der Waals surface area contributed by atoms with Crippen molar-refractivity contribution in [2.45, 2.75) is 12.8 Å². The summed E-state index contributed by atoms with van der Waals surface area (Å²) in [6.45, 7) is 0. The molecule has 46 valence electrons. The van der Waals surface area contributed by atoms with Crippen LogP contribution in [0, 0.1) is 12.3 Å². The van der Waals surface area contributed by atoms with Crippen molar-refractivity contribution in [3.8, 4) is 12.3 Å². The molecule has 0 spiro atoms. The Hall–Kier alpha value is -0.680. The first-order valence-electron chi connectivity index (χ1n) is 1.99. The van der Waals surface area contributed by atoms with Gasteiger partial charge in [0.15, 0.2) is 0 Å². The molecular weight excluding hydrogens is 126 g/mol. The van der Waals surface area contributed by atoms with Gasteiger partial charge in [-0.05, 0) is 0 Å². The fraction of sp³-hybridized carbons (Fsp3) is 0.400. The lowest BCUT2D eigenvalue weighted by atomic mass is 10.3. The third-order valence-corrected chi connectivity index (χ3v) is 0.516. The topological polar surface area (TPSA) is 43.1 Å². The minimum absolute atomic E-state index is 0. The zero-order valence-electron chi connectivity index (χ0n) is 4.39. The number of halogens is 1. The fourth-order valence-corrected chi connectivity index (χ4v) is 0.195. The highest BCUT2D eigenvalue weighted by atomic mass is 35.5. The first-order chi connectivity index (χ1) is 3.27. The smallest absolute Gasteiger partial charge is 0.218 e. The standard InChI is InChI=1S/C5H7NO.ClH/c1-2-3-4-5(6)7;/h1H,3-4H2,(H2,6,7);1H. The Balaban J connectivity index is 0. The number of carbonyl (C=O) groups is 1. The van der Waals surface area contributed by atoms with Crippen LogP contribution in [0.5, 0.6) is 0 Å². The van der Waals surface area contributed by atoms with E-state index in [9.17, 15) is 4.79 Å². The van der Waals surface area contributed by atoms with Gasteiger partial charge in [0.2, 0.25) is 5.91 Å². The van der Waals surface area contributed by atoms with Crippen molar-refractivity contribution < 1.29 is 4.79 Å². The van der Waals surface area contributed by atoms with E-state index in [-0.39, 0.29) is 18.3 Å². The minimum Gasteiger partial charge on any atom is -0.370 e. The van der Waals surface area contributed by atoms with Crippen LogP contribution in [0.25, 0.3) is 0 Å². The maximum absolute atomic E-state index is 9.88. The summed E-state index contributed by atoms with van der Waals surface area (Å²) >= 11 is 0. The van der Waals surface area contributed by atoms with E-state index in [4.69, 9.17) is 12.2 Å². The summed E-state index contributed by atoms with van der Waals surface area (Å²) in [5, 5.41) is 0. The number of amides is 1. The molecule has 0 unspecified atom stereocenters. The van der Waals surface area contributed by atoms with Crippen LogP contribution in [-0.4, -0.2) is 5.91 Å². The summed E-state index contributed by atoms with van der Waals surface area (Å²) in [6.07, 6.45) is 5.57. The fourth-order valence-electron chi connectivity index (χ4n) is 0.195. The van der Waals surface area contributed by atoms with Gasteiger partial charge in [0.25, 0.3) is 0 Å². The zero-order valence-corrected chi connectivity index (χ0v) is 5.20. The highest BCUT2D eigenvalue weighted by molar-refractivity contribution is 5.85. The van der Waals surface area contributed by atoms with E-state index < -0.39 is 0 Å². The van der Waals surface area contributed by atoms with Gasteiger partial charge in [-0.15, -0.1) is 24.8 Å². The van der Waals surface area contributed by atoms with Gasteiger partial charge in [0.1, 0.15) is 0 Å². The van der Waals surface area contributed by atoms with Crippen molar-refractivity contribution in [2.24, 2.45) is 5.73 Å². The Morgan fingerprint density at radius 1 is 1.75 bits per heavy atom. The molecule has 1 amide bonds. The second kappa shape index (κ2) is 6.32. The van der Waals surface area contributed by atoms with Crippen LogP contribution in [0.4, 0.5) is 0 Å². The molecule has 0 aliphatic rings. The molecule has 0 aromatic rings. The molecule has 0 saturated carbocycles. The summed E-state index contributed by atoms with van der Waals surface area (Å²) in [7, 11) is 0. The second-order valence-electron chi connectivity index (χ2n) is 1.17. The maximum atomic E-state index is 9.88. The van der Waals surface area contributed by atoms with Crippen LogP contribution >= 0.6 is 12.4 Å². The van der Waals surface area contributed by atoms with Crippen molar-refractivity contribution in [1.82, 2.24) is 0 Å². The monoisotopic (exact) mass is 133 g/mol.